The Balaban J connectivity index is 1.63. The summed E-state index contributed by atoms with van der Waals surface area (Å²) >= 11 is 7.60. The quantitative estimate of drug-likeness (QED) is 0.306. The van der Waals surface area contributed by atoms with Crippen LogP contribution in [0.5, 0.6) is 0 Å². The molecular weight excluding hydrogens is 568 g/mol. The minimum atomic E-state index is -4.03. The van der Waals surface area contributed by atoms with Crippen LogP contribution in [0.2, 0.25) is 5.02 Å². The maximum Gasteiger partial charge on any atom is 0.411 e. The van der Waals surface area contributed by atoms with Crippen LogP contribution in [0.4, 0.5) is 10.5 Å². The Morgan fingerprint density at radius 3 is 2.51 bits per heavy atom. The summed E-state index contributed by atoms with van der Waals surface area (Å²) in [5.74, 6) is -1.62. The van der Waals surface area contributed by atoms with E-state index < -0.39 is 32.8 Å². The van der Waals surface area contributed by atoms with Gasteiger partial charge in [-0.05, 0) is 42.7 Å². The molecule has 1 fully saturated rings. The van der Waals surface area contributed by atoms with Crippen molar-refractivity contribution in [2.45, 2.75) is 24.1 Å². The molecule has 1 atom stereocenters. The average molecular weight is 595 g/mol. The molecule has 0 radical (unpaired) electrons. The van der Waals surface area contributed by atoms with Crippen LogP contribution in [0, 0.1) is 0 Å². The van der Waals surface area contributed by atoms with E-state index in [0.717, 1.165) is 29.7 Å². The number of thiazole rings is 1. The Bertz CT molecular complexity index is 1490. The number of halogens is 1. The van der Waals surface area contributed by atoms with Crippen molar-refractivity contribution in [2.75, 3.05) is 38.4 Å². The van der Waals surface area contributed by atoms with Crippen LogP contribution >= 0.6 is 22.9 Å². The van der Waals surface area contributed by atoms with E-state index in [0.29, 0.717) is 26.5 Å². The molecule has 0 spiro atoms. The van der Waals surface area contributed by atoms with Crippen molar-refractivity contribution in [3.63, 3.8) is 0 Å². The third kappa shape index (κ3) is 7.24. The third-order valence-corrected chi connectivity index (χ3v) is 9.32. The number of nitrogens with zero attached hydrogens (tertiary/aromatic N) is 1. The summed E-state index contributed by atoms with van der Waals surface area (Å²) in [6, 6.07) is 10.4. The standard InChI is InChI=1S/C25H27ClN4O7S2/c1-36-9-10-39(34,35)22(23(32)27-13-21(31)28-15-7-8-15)24-30-19-12-18(26)17(11-20(19)38-24)14-3-5-16(6-4-14)29-25(33)37-2/h3-6,11-12,15,22H,7-10,13H2,1-2H3,(H,27,32)(H,28,31)(H,29,33). The molecule has 2 aromatic carbocycles. The Morgan fingerprint density at radius 1 is 1.15 bits per heavy atom. The van der Waals surface area contributed by atoms with Gasteiger partial charge in [0.1, 0.15) is 5.01 Å². The molecule has 208 valence electrons. The number of benzene rings is 2. The molecule has 1 aliphatic carbocycles. The van der Waals surface area contributed by atoms with Gasteiger partial charge in [0.2, 0.25) is 11.8 Å². The number of anilines is 1. The predicted molar refractivity (Wildman–Crippen MR) is 149 cm³/mol. The van der Waals surface area contributed by atoms with Crippen molar-refractivity contribution in [1.29, 1.82) is 0 Å². The monoisotopic (exact) mass is 594 g/mol. The predicted octanol–water partition coefficient (Wildman–Crippen LogP) is 3.29. The van der Waals surface area contributed by atoms with Crippen molar-refractivity contribution in [1.82, 2.24) is 15.6 Å². The van der Waals surface area contributed by atoms with E-state index in [1.54, 1.807) is 36.4 Å². The van der Waals surface area contributed by atoms with E-state index in [-0.39, 0.29) is 30.1 Å². The fourth-order valence-corrected chi connectivity index (χ4v) is 6.94. The van der Waals surface area contributed by atoms with Crippen LogP contribution in [0.15, 0.2) is 36.4 Å². The van der Waals surface area contributed by atoms with Gasteiger partial charge < -0.3 is 20.1 Å². The van der Waals surface area contributed by atoms with Crippen molar-refractivity contribution in [3.05, 3.63) is 46.4 Å². The van der Waals surface area contributed by atoms with Gasteiger partial charge in [-0.15, -0.1) is 11.3 Å². The summed E-state index contributed by atoms with van der Waals surface area (Å²) in [5.41, 5.74) is 2.36. The third-order valence-electron chi connectivity index (χ3n) is 5.88. The SMILES string of the molecule is COCCS(=O)(=O)C(C(=O)NCC(=O)NC1CC1)c1nc2cc(Cl)c(-c3ccc(NC(=O)OC)cc3)cc2s1. The second-order valence-corrected chi connectivity index (χ2v) is 12.5. The van der Waals surface area contributed by atoms with Gasteiger partial charge in [-0.3, -0.25) is 14.9 Å². The molecule has 3 amide bonds. The summed E-state index contributed by atoms with van der Waals surface area (Å²) in [6.45, 7) is -0.441. The highest BCUT2D eigenvalue weighted by Gasteiger charge is 2.37. The van der Waals surface area contributed by atoms with Crippen molar-refractivity contribution in [2.24, 2.45) is 0 Å². The first-order valence-electron chi connectivity index (χ1n) is 11.9. The van der Waals surface area contributed by atoms with Gasteiger partial charge in [-0.25, -0.2) is 18.2 Å². The number of methoxy groups -OCH3 is 2. The highest BCUT2D eigenvalue weighted by atomic mass is 35.5. The zero-order valence-electron chi connectivity index (χ0n) is 21.2. The Morgan fingerprint density at radius 2 is 1.87 bits per heavy atom. The molecule has 1 saturated carbocycles. The molecule has 1 heterocycles. The minimum Gasteiger partial charge on any atom is -0.453 e. The second kappa shape index (κ2) is 12.3. The van der Waals surface area contributed by atoms with E-state index in [4.69, 9.17) is 16.3 Å². The highest BCUT2D eigenvalue weighted by molar-refractivity contribution is 7.92. The number of carbonyl (C=O) groups is 3. The maximum absolute atomic E-state index is 13.2. The number of carbonyl (C=O) groups excluding carboxylic acids is 3. The lowest BCUT2D eigenvalue weighted by atomic mass is 10.1. The number of amides is 3. The first-order chi connectivity index (χ1) is 18.6. The van der Waals surface area contributed by atoms with Gasteiger partial charge in [0.05, 0.1) is 41.3 Å². The van der Waals surface area contributed by atoms with Crippen molar-refractivity contribution < 1.29 is 32.3 Å². The molecule has 0 bridgehead atoms. The summed E-state index contributed by atoms with van der Waals surface area (Å²) < 4.78 is 36.5. The first kappa shape index (κ1) is 28.7. The number of rotatable bonds is 11. The Labute approximate surface area is 234 Å². The molecule has 14 heteroatoms. The van der Waals surface area contributed by atoms with Crippen LogP contribution in [-0.2, 0) is 28.9 Å². The highest BCUT2D eigenvalue weighted by Crippen LogP contribution is 2.38. The van der Waals surface area contributed by atoms with E-state index in [9.17, 15) is 22.8 Å². The summed E-state index contributed by atoms with van der Waals surface area (Å²) in [7, 11) is -1.40. The lowest BCUT2D eigenvalue weighted by molar-refractivity contribution is -0.126. The molecule has 3 N–H and O–H groups in total. The van der Waals surface area contributed by atoms with E-state index >= 15 is 0 Å². The Kier molecular flexibility index (Phi) is 9.05. The van der Waals surface area contributed by atoms with Crippen LogP contribution in [0.25, 0.3) is 21.3 Å². The normalized spacial score (nSPS) is 14.0. The zero-order chi connectivity index (χ0) is 28.2. The molecule has 39 heavy (non-hydrogen) atoms. The van der Waals surface area contributed by atoms with Gasteiger partial charge in [0.25, 0.3) is 0 Å². The molecule has 0 saturated heterocycles. The van der Waals surface area contributed by atoms with Gasteiger partial charge in [-0.2, -0.15) is 0 Å². The minimum absolute atomic E-state index is 0.0621. The maximum atomic E-state index is 13.2. The van der Waals surface area contributed by atoms with E-state index in [2.05, 4.69) is 25.7 Å². The number of aromatic nitrogens is 1. The molecule has 4 rings (SSSR count). The lowest BCUT2D eigenvalue weighted by Crippen LogP contribution is -2.41. The van der Waals surface area contributed by atoms with Gasteiger partial charge in [0.15, 0.2) is 15.1 Å². The molecule has 1 aromatic heterocycles. The second-order valence-electron chi connectivity index (χ2n) is 8.85. The van der Waals surface area contributed by atoms with E-state index in [1.807, 2.05) is 0 Å². The largest absolute Gasteiger partial charge is 0.453 e. The van der Waals surface area contributed by atoms with Crippen LogP contribution in [-0.4, -0.2) is 70.5 Å². The van der Waals surface area contributed by atoms with Crippen molar-refractivity contribution in [3.8, 4) is 11.1 Å². The van der Waals surface area contributed by atoms with Crippen LogP contribution in [0.3, 0.4) is 0 Å². The average Bonchev–Trinajstić information content (AvgIpc) is 3.63. The Hall–Kier alpha value is -3.26. The fraction of sp³-hybridized carbons (Fsp3) is 0.360. The molecule has 1 aliphatic rings. The van der Waals surface area contributed by atoms with E-state index in [1.165, 1.54) is 14.2 Å². The number of hydrogen-bond donors (Lipinski definition) is 3. The summed E-state index contributed by atoms with van der Waals surface area (Å²) in [5, 5.41) is 6.57. The fourth-order valence-electron chi connectivity index (χ4n) is 3.71. The zero-order valence-corrected chi connectivity index (χ0v) is 23.5. The number of nitrogens with one attached hydrogen (secondary N) is 3. The van der Waals surface area contributed by atoms with Crippen LogP contribution < -0.4 is 16.0 Å². The topological polar surface area (TPSA) is 153 Å². The number of hydrogen-bond acceptors (Lipinski definition) is 9. The molecule has 1 unspecified atom stereocenters. The number of sulfone groups is 1. The molecular formula is C25H27ClN4O7S2. The molecule has 3 aromatic rings. The molecule has 11 nitrogen and oxygen atoms in total. The smallest absolute Gasteiger partial charge is 0.411 e. The summed E-state index contributed by atoms with van der Waals surface area (Å²) in [4.78, 5) is 41.0. The number of ether oxygens (including phenoxy) is 2. The number of fused-ring (bicyclic) bond motifs is 1. The van der Waals surface area contributed by atoms with Gasteiger partial charge >= 0.3 is 6.09 Å². The van der Waals surface area contributed by atoms with Crippen LogP contribution in [0.1, 0.15) is 23.1 Å². The molecule has 0 aliphatic heterocycles. The lowest BCUT2D eigenvalue weighted by Gasteiger charge is -2.15. The first-order valence-corrected chi connectivity index (χ1v) is 14.8. The van der Waals surface area contributed by atoms with Crippen molar-refractivity contribution >= 4 is 66.6 Å². The summed E-state index contributed by atoms with van der Waals surface area (Å²) in [6.07, 6.45) is 1.18. The van der Waals surface area contributed by atoms with Gasteiger partial charge in [-0.1, -0.05) is 23.7 Å². The van der Waals surface area contributed by atoms with Gasteiger partial charge in [0, 0.05) is 24.4 Å².